The molecule has 4 aromatic heterocycles. The van der Waals surface area contributed by atoms with Crippen LogP contribution in [0.5, 0.6) is 0 Å². The Morgan fingerprint density at radius 3 is 2.11 bits per heavy atom. The number of benzene rings is 5. The molecule has 0 atom stereocenters. The molecule has 7 heteroatoms. The van der Waals surface area contributed by atoms with Gasteiger partial charge in [-0.05, 0) is 72.5 Å². The van der Waals surface area contributed by atoms with Crippen LogP contribution in [0, 0.1) is 31.9 Å². The van der Waals surface area contributed by atoms with Gasteiger partial charge in [0.25, 0.3) is 0 Å². The summed E-state index contributed by atoms with van der Waals surface area (Å²) in [6.45, 7) is 15.4. The van der Waals surface area contributed by atoms with Crippen LogP contribution in [0.15, 0.2) is 132 Å². The molecule has 5 nitrogen and oxygen atoms in total. The number of hydrogen-bond acceptors (Lipinski definition) is 4. The van der Waals surface area contributed by atoms with Gasteiger partial charge >= 0.3 is 126 Å². The molecule has 0 spiro atoms. The van der Waals surface area contributed by atoms with Gasteiger partial charge < -0.3 is 8.98 Å². The molecule has 0 aliphatic carbocycles. The van der Waals surface area contributed by atoms with Crippen molar-refractivity contribution in [1.29, 1.82) is 0 Å². The van der Waals surface area contributed by atoms with Crippen LogP contribution in [-0.2, 0) is 31.9 Å². The average molecular weight is 1040 g/mol. The number of hydrogen-bond donors (Lipinski definition) is 0. The molecule has 0 fully saturated rings. The zero-order valence-corrected chi connectivity index (χ0v) is 41.4. The van der Waals surface area contributed by atoms with Crippen molar-refractivity contribution >= 4 is 50.8 Å². The van der Waals surface area contributed by atoms with Gasteiger partial charge in [0, 0.05) is 42.3 Å². The van der Waals surface area contributed by atoms with Gasteiger partial charge in [-0.1, -0.05) is 68.6 Å². The topological polar surface area (TPSA) is 56.7 Å². The molecule has 5 aromatic carbocycles. The molecule has 0 saturated carbocycles. The Morgan fingerprint density at radius 1 is 0.738 bits per heavy atom. The minimum absolute atomic E-state index is 0. The Kier molecular flexibility index (Phi) is 12.7. The Balaban J connectivity index is 0.000000226. The van der Waals surface area contributed by atoms with Gasteiger partial charge in [0.05, 0.1) is 22.4 Å². The van der Waals surface area contributed by atoms with E-state index in [2.05, 4.69) is 180 Å². The van der Waals surface area contributed by atoms with Gasteiger partial charge in [-0.15, -0.1) is 23.8 Å². The molecule has 9 aromatic rings. The quantitative estimate of drug-likeness (QED) is 0.118. The number of para-hydroxylation sites is 2. The van der Waals surface area contributed by atoms with E-state index < -0.39 is 13.3 Å². The number of rotatable bonds is 7. The number of furan rings is 1. The van der Waals surface area contributed by atoms with Crippen molar-refractivity contribution in [2.45, 2.75) is 77.6 Å². The van der Waals surface area contributed by atoms with Crippen molar-refractivity contribution in [3.63, 3.8) is 0 Å². The number of imidazole rings is 1. The van der Waals surface area contributed by atoms with Gasteiger partial charge in [0.1, 0.15) is 0 Å². The first-order valence-electron chi connectivity index (χ1n) is 21.0. The van der Waals surface area contributed by atoms with Crippen LogP contribution in [0.2, 0.25) is 17.3 Å². The zero-order valence-electron chi connectivity index (χ0n) is 36.9. The average Bonchev–Trinajstić information content (AvgIpc) is 3.78. The van der Waals surface area contributed by atoms with Crippen molar-refractivity contribution in [2.75, 3.05) is 0 Å². The Morgan fingerprint density at radius 2 is 1.44 bits per heavy atom. The van der Waals surface area contributed by atoms with E-state index >= 15 is 0 Å². The molecule has 0 saturated heterocycles. The first kappa shape index (κ1) is 43.9. The summed E-state index contributed by atoms with van der Waals surface area (Å²) in [5.74, 6) is 8.85. The molecule has 1 radical (unpaired) electrons. The van der Waals surface area contributed by atoms with E-state index in [0.717, 1.165) is 67.8 Å². The molecule has 0 aliphatic rings. The minimum atomic E-state index is -1.86. The largest absolute Gasteiger partial charge is 0.486 e. The molecule has 0 bridgehead atoms. The molecule has 4 heterocycles. The van der Waals surface area contributed by atoms with Gasteiger partial charge in [-0.2, -0.15) is 0 Å². The SMILES string of the molecule is CC(C)Cc1cc(-c2[c-]cccc2)nc[c]1[Ge]([CH3])([CH3])[CH3].Cc1cc(-c2ccccc2)cc(C)c1-n1c(-c2[c-]cc3oc4nc(C(C)(C)C)ccc4c3c2)nc2ccccc21.[Ir]. The summed E-state index contributed by atoms with van der Waals surface area (Å²) >= 11 is -1.86. The van der Waals surface area contributed by atoms with Crippen LogP contribution >= 0.6 is 0 Å². The number of aryl methyl sites for hydroxylation is 2. The number of nitrogens with zero attached hydrogens (tertiary/aromatic N) is 4. The molecule has 0 amide bonds. The van der Waals surface area contributed by atoms with E-state index in [1.54, 1.807) is 4.40 Å². The third-order valence-electron chi connectivity index (χ3n) is 11.1. The predicted octanol–water partition coefficient (Wildman–Crippen LogP) is 13.7. The second-order valence-corrected chi connectivity index (χ2v) is 29.0. The fourth-order valence-corrected chi connectivity index (χ4v) is 11.5. The van der Waals surface area contributed by atoms with Crippen molar-refractivity contribution in [3.8, 4) is 39.5 Å². The molecular weight excluding hydrogens is 985 g/mol. The van der Waals surface area contributed by atoms with Gasteiger partial charge in [0.15, 0.2) is 0 Å². The van der Waals surface area contributed by atoms with Crippen LogP contribution in [0.25, 0.3) is 72.6 Å². The molecule has 9 rings (SSSR count). The zero-order chi connectivity index (χ0) is 42.3. The summed E-state index contributed by atoms with van der Waals surface area (Å²) in [7, 11) is 0. The molecule has 311 valence electrons. The Bertz CT molecular complexity index is 2950. The summed E-state index contributed by atoms with van der Waals surface area (Å²) < 4.78 is 10.00. The van der Waals surface area contributed by atoms with Crippen molar-refractivity contribution in [1.82, 2.24) is 19.5 Å². The van der Waals surface area contributed by atoms with Crippen molar-refractivity contribution < 1.29 is 24.5 Å². The van der Waals surface area contributed by atoms with Gasteiger partial charge in [-0.25, -0.2) is 4.98 Å². The summed E-state index contributed by atoms with van der Waals surface area (Å²) in [6.07, 6.45) is 3.27. The fraction of sp³-hybridized carbons (Fsp3) is 0.241. The number of aromatic nitrogens is 4. The van der Waals surface area contributed by atoms with Gasteiger partial charge in [-0.3, -0.25) is 4.98 Å². The van der Waals surface area contributed by atoms with E-state index in [9.17, 15) is 0 Å². The third kappa shape index (κ3) is 9.23. The van der Waals surface area contributed by atoms with Crippen molar-refractivity contribution in [3.05, 3.63) is 162 Å². The molecule has 0 unspecified atom stereocenters. The summed E-state index contributed by atoms with van der Waals surface area (Å²) in [5.41, 5.74) is 14.9. The molecule has 61 heavy (non-hydrogen) atoms. The maximum absolute atomic E-state index is 6.18. The normalized spacial score (nSPS) is 11.9. The predicted molar refractivity (Wildman–Crippen MR) is 254 cm³/mol. The van der Waals surface area contributed by atoms with Gasteiger partial charge in [0.2, 0.25) is 5.71 Å². The Hall–Kier alpha value is -5.14. The number of fused-ring (bicyclic) bond motifs is 4. The number of pyridine rings is 2. The summed E-state index contributed by atoms with van der Waals surface area (Å²) in [5, 5.41) is 2.02. The minimum Gasteiger partial charge on any atom is -0.486 e. The van der Waals surface area contributed by atoms with Crippen LogP contribution in [0.3, 0.4) is 0 Å². The van der Waals surface area contributed by atoms with E-state index in [4.69, 9.17) is 19.4 Å². The summed E-state index contributed by atoms with van der Waals surface area (Å²) in [4.78, 5) is 14.7. The van der Waals surface area contributed by atoms with Crippen molar-refractivity contribution in [2.24, 2.45) is 5.92 Å². The van der Waals surface area contributed by atoms with E-state index in [1.807, 2.05) is 30.3 Å². The Labute approximate surface area is 377 Å². The van der Waals surface area contributed by atoms with Crippen LogP contribution < -0.4 is 4.40 Å². The maximum Gasteiger partial charge on any atom is 0.216 e. The maximum atomic E-state index is 6.18. The van der Waals surface area contributed by atoms with Crippen LogP contribution in [0.1, 0.15) is 57.0 Å². The van der Waals surface area contributed by atoms with E-state index in [1.165, 1.54) is 27.8 Å². The molecule has 0 aliphatic heterocycles. The second-order valence-electron chi connectivity index (χ2n) is 18.5. The van der Waals surface area contributed by atoms with E-state index in [0.29, 0.717) is 11.6 Å². The monoisotopic (exact) mass is 1040 g/mol. The molecular formula is C54H54GeIrN4O-2. The van der Waals surface area contributed by atoms with Crippen LogP contribution in [-0.4, -0.2) is 32.8 Å². The standard InChI is InChI=1S/C36H30N3O.C18H24GeN.Ir/c1-22-19-26(24-11-7-6-8-12-24)20-23(2)33(22)39-30-14-10-9-13-29(30)37-34(39)25-15-17-31-28(21-25)27-16-18-32(36(3,4)5)38-35(27)40-31;1-14(2)11-16-12-18(15-9-7-6-8-10-15)20-13-17(16)19(3,4)5;/h6-14,16-21H,1-5H3;6-9,12-14H,11H2,1-5H3;/q2*-1;. The first-order chi connectivity index (χ1) is 28.7. The molecule has 0 N–H and O–H groups in total. The summed E-state index contributed by atoms with van der Waals surface area (Å²) in [6, 6.07) is 48.8. The first-order valence-corrected chi connectivity index (χ1v) is 28.4. The smallest absolute Gasteiger partial charge is 0.216 e. The third-order valence-corrected chi connectivity index (χ3v) is 15.4. The second kappa shape index (κ2) is 17.7. The fourth-order valence-electron chi connectivity index (χ4n) is 8.17. The van der Waals surface area contributed by atoms with E-state index in [-0.39, 0.29) is 25.5 Å². The van der Waals surface area contributed by atoms with Crippen LogP contribution in [0.4, 0.5) is 0 Å².